The van der Waals surface area contributed by atoms with Gasteiger partial charge >= 0.3 is 0 Å². The Morgan fingerprint density at radius 1 is 1.44 bits per heavy atom. The molecular weight excluding hydrogens is 229 g/mol. The minimum absolute atomic E-state index is 0.290. The average Bonchev–Trinajstić information content (AvgIpc) is 2.34. The summed E-state index contributed by atoms with van der Waals surface area (Å²) in [5.74, 6) is -0.0279. The lowest BCUT2D eigenvalue weighted by Gasteiger charge is -2.11. The SMILES string of the molecule is C=C(CC)COc1ccc(CNC(C)C)cc1F. The highest BCUT2D eigenvalue weighted by Crippen LogP contribution is 2.19. The second-order valence-electron chi connectivity index (χ2n) is 4.69. The maximum atomic E-state index is 13.7. The highest BCUT2D eigenvalue weighted by atomic mass is 19.1. The van der Waals surface area contributed by atoms with Crippen molar-refractivity contribution >= 4 is 0 Å². The summed E-state index contributed by atoms with van der Waals surface area (Å²) >= 11 is 0. The second-order valence-corrected chi connectivity index (χ2v) is 4.69. The van der Waals surface area contributed by atoms with Crippen molar-refractivity contribution < 1.29 is 9.13 Å². The van der Waals surface area contributed by atoms with Crippen LogP contribution >= 0.6 is 0 Å². The van der Waals surface area contributed by atoms with E-state index in [-0.39, 0.29) is 11.6 Å². The van der Waals surface area contributed by atoms with Crippen LogP contribution in [0.1, 0.15) is 32.8 Å². The Hall–Kier alpha value is -1.35. The summed E-state index contributed by atoms with van der Waals surface area (Å²) in [6.07, 6.45) is 0.845. The third-order valence-electron chi connectivity index (χ3n) is 2.64. The van der Waals surface area contributed by atoms with Crippen molar-refractivity contribution in [2.75, 3.05) is 6.61 Å². The highest BCUT2D eigenvalue weighted by molar-refractivity contribution is 5.29. The summed E-state index contributed by atoms with van der Waals surface area (Å²) < 4.78 is 19.1. The summed E-state index contributed by atoms with van der Waals surface area (Å²) in [5, 5.41) is 3.25. The summed E-state index contributed by atoms with van der Waals surface area (Å²) in [7, 11) is 0. The molecule has 1 N–H and O–H groups in total. The zero-order valence-electron chi connectivity index (χ0n) is 11.4. The number of benzene rings is 1. The third-order valence-corrected chi connectivity index (χ3v) is 2.64. The van der Waals surface area contributed by atoms with E-state index in [0.29, 0.717) is 19.2 Å². The molecule has 2 nitrogen and oxygen atoms in total. The van der Waals surface area contributed by atoms with Crippen LogP contribution in [-0.2, 0) is 6.54 Å². The molecule has 1 rings (SSSR count). The molecule has 3 heteroatoms. The molecule has 18 heavy (non-hydrogen) atoms. The number of hydrogen-bond acceptors (Lipinski definition) is 2. The van der Waals surface area contributed by atoms with E-state index in [1.807, 2.05) is 13.0 Å². The average molecular weight is 251 g/mol. The molecule has 0 heterocycles. The van der Waals surface area contributed by atoms with Crippen LogP contribution in [0.2, 0.25) is 0 Å². The first-order valence-electron chi connectivity index (χ1n) is 6.34. The molecule has 0 aliphatic rings. The van der Waals surface area contributed by atoms with Crippen molar-refractivity contribution in [2.45, 2.75) is 39.8 Å². The van der Waals surface area contributed by atoms with Crippen LogP contribution in [0.25, 0.3) is 0 Å². The molecule has 0 radical (unpaired) electrons. The topological polar surface area (TPSA) is 21.3 Å². The van der Waals surface area contributed by atoms with Crippen LogP contribution in [0.5, 0.6) is 5.75 Å². The zero-order valence-corrected chi connectivity index (χ0v) is 11.4. The molecule has 0 aliphatic carbocycles. The van der Waals surface area contributed by atoms with E-state index in [2.05, 4.69) is 25.7 Å². The maximum absolute atomic E-state index is 13.7. The highest BCUT2D eigenvalue weighted by Gasteiger charge is 2.05. The molecule has 0 saturated heterocycles. The van der Waals surface area contributed by atoms with Gasteiger partial charge in [0.2, 0.25) is 0 Å². The number of hydrogen-bond donors (Lipinski definition) is 1. The zero-order chi connectivity index (χ0) is 13.5. The lowest BCUT2D eigenvalue weighted by atomic mass is 10.2. The Morgan fingerprint density at radius 3 is 2.72 bits per heavy atom. The minimum atomic E-state index is -0.318. The molecule has 0 amide bonds. The quantitative estimate of drug-likeness (QED) is 0.747. The second kappa shape index (κ2) is 7.17. The Balaban J connectivity index is 2.59. The number of rotatable bonds is 7. The molecular formula is C15H22FNO. The van der Waals surface area contributed by atoms with Crippen LogP contribution in [-0.4, -0.2) is 12.6 Å². The fourth-order valence-electron chi connectivity index (χ4n) is 1.38. The standard InChI is InChI=1S/C15H22FNO/c1-5-12(4)10-18-15-7-6-13(8-14(15)16)9-17-11(2)3/h6-8,11,17H,4-5,9-10H2,1-3H3. The number of halogens is 1. The maximum Gasteiger partial charge on any atom is 0.165 e. The fourth-order valence-corrected chi connectivity index (χ4v) is 1.38. The predicted octanol–water partition coefficient (Wildman–Crippen LogP) is 3.67. The molecule has 0 aliphatic heterocycles. The van der Waals surface area contributed by atoms with E-state index in [0.717, 1.165) is 17.6 Å². The number of nitrogens with one attached hydrogen (secondary N) is 1. The third kappa shape index (κ3) is 4.88. The molecule has 100 valence electrons. The van der Waals surface area contributed by atoms with Gasteiger partial charge in [0.25, 0.3) is 0 Å². The van der Waals surface area contributed by atoms with Crippen molar-refractivity contribution in [3.8, 4) is 5.75 Å². The van der Waals surface area contributed by atoms with Crippen LogP contribution in [0.15, 0.2) is 30.4 Å². The van der Waals surface area contributed by atoms with Gasteiger partial charge in [0.05, 0.1) is 0 Å². The van der Waals surface area contributed by atoms with Crippen molar-refractivity contribution in [1.82, 2.24) is 5.32 Å². The van der Waals surface area contributed by atoms with Gasteiger partial charge in [0, 0.05) is 12.6 Å². The lowest BCUT2D eigenvalue weighted by Crippen LogP contribution is -2.21. The minimum Gasteiger partial charge on any atom is -0.486 e. The van der Waals surface area contributed by atoms with E-state index in [1.165, 1.54) is 6.07 Å². The summed E-state index contributed by atoms with van der Waals surface area (Å²) in [5.41, 5.74) is 1.88. The molecule has 1 aromatic rings. The first-order valence-corrected chi connectivity index (χ1v) is 6.34. The smallest absolute Gasteiger partial charge is 0.165 e. The van der Waals surface area contributed by atoms with Gasteiger partial charge in [0.15, 0.2) is 11.6 Å². The molecule has 0 unspecified atom stereocenters. The molecule has 0 bridgehead atoms. The van der Waals surface area contributed by atoms with E-state index >= 15 is 0 Å². The van der Waals surface area contributed by atoms with Gasteiger partial charge in [0.1, 0.15) is 6.61 Å². The van der Waals surface area contributed by atoms with Gasteiger partial charge in [-0.05, 0) is 29.7 Å². The first kappa shape index (κ1) is 14.7. The van der Waals surface area contributed by atoms with Gasteiger partial charge in [-0.15, -0.1) is 0 Å². The normalized spacial score (nSPS) is 10.7. The molecule has 1 aromatic carbocycles. The molecule has 0 aromatic heterocycles. The van der Waals surface area contributed by atoms with Gasteiger partial charge in [-0.25, -0.2) is 4.39 Å². The van der Waals surface area contributed by atoms with Crippen molar-refractivity contribution in [3.05, 3.63) is 41.7 Å². The van der Waals surface area contributed by atoms with Gasteiger partial charge in [-0.2, -0.15) is 0 Å². The Morgan fingerprint density at radius 2 is 2.17 bits per heavy atom. The van der Waals surface area contributed by atoms with Gasteiger partial charge in [-0.1, -0.05) is 33.4 Å². The van der Waals surface area contributed by atoms with Crippen molar-refractivity contribution in [3.63, 3.8) is 0 Å². The van der Waals surface area contributed by atoms with Gasteiger partial charge in [-0.3, -0.25) is 0 Å². The predicted molar refractivity (Wildman–Crippen MR) is 73.3 cm³/mol. The van der Waals surface area contributed by atoms with Crippen LogP contribution < -0.4 is 10.1 Å². The lowest BCUT2D eigenvalue weighted by molar-refractivity contribution is 0.329. The Labute approximate surface area is 109 Å². The molecule has 0 saturated carbocycles. The van der Waals surface area contributed by atoms with Gasteiger partial charge < -0.3 is 10.1 Å². The van der Waals surface area contributed by atoms with Crippen LogP contribution in [0, 0.1) is 5.82 Å². The van der Waals surface area contributed by atoms with Crippen LogP contribution in [0.3, 0.4) is 0 Å². The van der Waals surface area contributed by atoms with E-state index in [9.17, 15) is 4.39 Å². The summed E-state index contributed by atoms with van der Waals surface area (Å²) in [4.78, 5) is 0. The largest absolute Gasteiger partial charge is 0.486 e. The molecule has 0 fully saturated rings. The van der Waals surface area contributed by atoms with Crippen LogP contribution in [0.4, 0.5) is 4.39 Å². The Kier molecular flexibility index (Phi) is 5.86. The number of ether oxygens (including phenoxy) is 1. The Bertz CT molecular complexity index is 401. The van der Waals surface area contributed by atoms with Crippen molar-refractivity contribution in [1.29, 1.82) is 0 Å². The van der Waals surface area contributed by atoms with E-state index in [4.69, 9.17) is 4.74 Å². The van der Waals surface area contributed by atoms with E-state index in [1.54, 1.807) is 6.07 Å². The first-order chi connectivity index (χ1) is 8.52. The molecule has 0 spiro atoms. The van der Waals surface area contributed by atoms with E-state index < -0.39 is 0 Å². The van der Waals surface area contributed by atoms with Crippen molar-refractivity contribution in [2.24, 2.45) is 0 Å². The monoisotopic (exact) mass is 251 g/mol. The fraction of sp³-hybridized carbons (Fsp3) is 0.467. The molecule has 0 atom stereocenters. The summed E-state index contributed by atoms with van der Waals surface area (Å²) in [6.45, 7) is 11.0. The summed E-state index contributed by atoms with van der Waals surface area (Å²) in [6, 6.07) is 5.45.